The highest BCUT2D eigenvalue weighted by Gasteiger charge is 2.33. The molecule has 4 heteroatoms. The van der Waals surface area contributed by atoms with Crippen molar-refractivity contribution in [3.05, 3.63) is 0 Å². The van der Waals surface area contributed by atoms with E-state index in [9.17, 15) is 4.79 Å². The zero-order valence-corrected chi connectivity index (χ0v) is 10.7. The molecule has 1 heterocycles. The van der Waals surface area contributed by atoms with Crippen molar-refractivity contribution in [2.24, 2.45) is 5.92 Å². The van der Waals surface area contributed by atoms with Gasteiger partial charge in [0.1, 0.15) is 0 Å². The van der Waals surface area contributed by atoms with Gasteiger partial charge in [-0.25, -0.2) is 0 Å². The third-order valence-electron chi connectivity index (χ3n) is 2.98. The van der Waals surface area contributed by atoms with Crippen LogP contribution in [-0.4, -0.2) is 37.7 Å². The number of rotatable bonds is 6. The Balaban J connectivity index is 2.48. The van der Waals surface area contributed by atoms with Gasteiger partial charge in [0.2, 0.25) is 5.91 Å². The van der Waals surface area contributed by atoms with E-state index in [0.717, 1.165) is 19.4 Å². The van der Waals surface area contributed by atoms with Gasteiger partial charge in [0.15, 0.2) is 0 Å². The lowest BCUT2D eigenvalue weighted by molar-refractivity contribution is -0.125. The second-order valence-electron chi connectivity index (χ2n) is 4.32. The van der Waals surface area contributed by atoms with Crippen molar-refractivity contribution >= 4 is 5.91 Å². The second-order valence-corrected chi connectivity index (χ2v) is 4.32. The smallest absolute Gasteiger partial charge is 0.228 e. The molecule has 0 aromatic rings. The lowest BCUT2D eigenvalue weighted by Gasteiger charge is -2.20. The molecule has 0 aromatic heterocycles. The number of amides is 1. The van der Waals surface area contributed by atoms with Gasteiger partial charge in [-0.3, -0.25) is 4.79 Å². The fourth-order valence-electron chi connectivity index (χ4n) is 2.04. The molecule has 0 aliphatic carbocycles. The maximum atomic E-state index is 12.0. The number of likely N-dealkylation sites (N-methyl/N-ethyl adjacent to an activating group) is 1. The Morgan fingerprint density at radius 2 is 2.29 bits per heavy atom. The Kier molecular flexibility index (Phi) is 6.03. The number of carbonyl (C=O) groups excluding carboxylic acids is 1. The molecule has 1 aliphatic rings. The molecule has 96 valence electrons. The van der Waals surface area contributed by atoms with Crippen LogP contribution in [0, 0.1) is 18.3 Å². The van der Waals surface area contributed by atoms with Gasteiger partial charge in [0.25, 0.3) is 0 Å². The first-order valence-electron chi connectivity index (χ1n) is 6.30. The Bertz CT molecular complexity index is 286. The van der Waals surface area contributed by atoms with Crippen molar-refractivity contribution < 1.29 is 9.53 Å². The van der Waals surface area contributed by atoms with Crippen LogP contribution < -0.4 is 10.6 Å². The summed E-state index contributed by atoms with van der Waals surface area (Å²) in [6.07, 6.45) is 7.17. The average molecular weight is 238 g/mol. The molecule has 1 amide bonds. The van der Waals surface area contributed by atoms with Crippen LogP contribution in [0.4, 0.5) is 0 Å². The Morgan fingerprint density at radius 1 is 1.53 bits per heavy atom. The van der Waals surface area contributed by atoms with Crippen LogP contribution in [0.25, 0.3) is 0 Å². The second kappa shape index (κ2) is 7.31. The molecule has 3 atom stereocenters. The first kappa shape index (κ1) is 14.0. The van der Waals surface area contributed by atoms with Crippen molar-refractivity contribution in [1.82, 2.24) is 10.6 Å². The zero-order valence-electron chi connectivity index (χ0n) is 10.7. The Labute approximate surface area is 103 Å². The lowest BCUT2D eigenvalue weighted by atomic mass is 10.0. The Hall–Kier alpha value is -1.05. The molecule has 1 rings (SSSR count). The number of carbonyl (C=O) groups is 1. The molecule has 1 saturated heterocycles. The van der Waals surface area contributed by atoms with Gasteiger partial charge < -0.3 is 15.4 Å². The minimum Gasteiger partial charge on any atom is -0.379 e. The zero-order chi connectivity index (χ0) is 12.7. The average Bonchev–Trinajstić information content (AvgIpc) is 2.77. The van der Waals surface area contributed by atoms with Crippen molar-refractivity contribution in [3.8, 4) is 12.3 Å². The van der Waals surface area contributed by atoms with Crippen molar-refractivity contribution in [3.63, 3.8) is 0 Å². The molecule has 0 spiro atoms. The van der Waals surface area contributed by atoms with E-state index in [1.807, 2.05) is 6.92 Å². The van der Waals surface area contributed by atoms with Gasteiger partial charge in [0, 0.05) is 6.04 Å². The highest BCUT2D eigenvalue weighted by Crippen LogP contribution is 2.14. The van der Waals surface area contributed by atoms with E-state index in [2.05, 4.69) is 23.5 Å². The SMILES string of the molecule is C#CC(CCC)NC(=O)C1COCC1NCC. The lowest BCUT2D eigenvalue weighted by Crippen LogP contribution is -2.46. The molecular weight excluding hydrogens is 216 g/mol. The fraction of sp³-hybridized carbons (Fsp3) is 0.769. The summed E-state index contributed by atoms with van der Waals surface area (Å²) in [7, 11) is 0. The molecule has 17 heavy (non-hydrogen) atoms. The highest BCUT2D eigenvalue weighted by atomic mass is 16.5. The quantitative estimate of drug-likeness (QED) is 0.664. The summed E-state index contributed by atoms with van der Waals surface area (Å²) >= 11 is 0. The minimum atomic E-state index is -0.157. The maximum absolute atomic E-state index is 12.0. The summed E-state index contributed by atoms with van der Waals surface area (Å²) in [4.78, 5) is 12.0. The van der Waals surface area contributed by atoms with Gasteiger partial charge in [-0.1, -0.05) is 26.2 Å². The van der Waals surface area contributed by atoms with E-state index in [4.69, 9.17) is 11.2 Å². The van der Waals surface area contributed by atoms with Crippen molar-refractivity contribution in [1.29, 1.82) is 0 Å². The van der Waals surface area contributed by atoms with E-state index >= 15 is 0 Å². The third-order valence-corrected chi connectivity index (χ3v) is 2.98. The van der Waals surface area contributed by atoms with E-state index in [0.29, 0.717) is 13.2 Å². The van der Waals surface area contributed by atoms with Crippen molar-refractivity contribution in [2.75, 3.05) is 19.8 Å². The van der Waals surface area contributed by atoms with Crippen LogP contribution in [0.3, 0.4) is 0 Å². The summed E-state index contributed by atoms with van der Waals surface area (Å²) in [5.41, 5.74) is 0. The summed E-state index contributed by atoms with van der Waals surface area (Å²) in [5, 5.41) is 6.16. The summed E-state index contributed by atoms with van der Waals surface area (Å²) < 4.78 is 5.34. The maximum Gasteiger partial charge on any atom is 0.228 e. The first-order valence-corrected chi connectivity index (χ1v) is 6.30. The number of ether oxygens (including phenoxy) is 1. The molecule has 0 bridgehead atoms. The predicted octanol–water partition coefficient (Wildman–Crippen LogP) is 0.529. The number of terminal acetylenes is 1. The molecule has 0 saturated carbocycles. The number of hydrogen-bond donors (Lipinski definition) is 2. The molecule has 1 fully saturated rings. The van der Waals surface area contributed by atoms with Crippen LogP contribution in [0.2, 0.25) is 0 Å². The molecule has 0 radical (unpaired) electrons. The molecule has 0 aromatic carbocycles. The third kappa shape index (κ3) is 4.03. The summed E-state index contributed by atoms with van der Waals surface area (Å²) in [6, 6.07) is -0.0459. The molecular formula is C13H22N2O2. The Morgan fingerprint density at radius 3 is 2.88 bits per heavy atom. The van der Waals surface area contributed by atoms with Crippen molar-refractivity contribution in [2.45, 2.75) is 38.8 Å². The van der Waals surface area contributed by atoms with Gasteiger partial charge in [-0.15, -0.1) is 6.42 Å². The normalized spacial score (nSPS) is 25.2. The van der Waals surface area contributed by atoms with Gasteiger partial charge in [-0.05, 0) is 13.0 Å². The topological polar surface area (TPSA) is 50.4 Å². The first-order chi connectivity index (χ1) is 8.22. The van der Waals surface area contributed by atoms with E-state index in [1.165, 1.54) is 0 Å². The number of hydrogen-bond acceptors (Lipinski definition) is 3. The van der Waals surface area contributed by atoms with E-state index in [-0.39, 0.29) is 23.9 Å². The van der Waals surface area contributed by atoms with Crippen LogP contribution in [-0.2, 0) is 9.53 Å². The molecule has 2 N–H and O–H groups in total. The van der Waals surface area contributed by atoms with Crippen LogP contribution in [0.1, 0.15) is 26.7 Å². The largest absolute Gasteiger partial charge is 0.379 e. The summed E-state index contributed by atoms with van der Waals surface area (Å²) in [5.74, 6) is 2.49. The standard InChI is InChI=1S/C13H22N2O2/c1-4-7-10(5-2)15-13(16)11-8-17-9-12(11)14-6-3/h2,10-12,14H,4,6-9H2,1,3H3,(H,15,16). The van der Waals surface area contributed by atoms with Crippen LogP contribution in [0.15, 0.2) is 0 Å². The van der Waals surface area contributed by atoms with E-state index < -0.39 is 0 Å². The summed E-state index contributed by atoms with van der Waals surface area (Å²) in [6.45, 7) is 5.99. The van der Waals surface area contributed by atoms with Crippen LogP contribution in [0.5, 0.6) is 0 Å². The molecule has 1 aliphatic heterocycles. The monoisotopic (exact) mass is 238 g/mol. The van der Waals surface area contributed by atoms with Crippen LogP contribution >= 0.6 is 0 Å². The van der Waals surface area contributed by atoms with Gasteiger partial charge in [0.05, 0.1) is 25.2 Å². The predicted molar refractivity (Wildman–Crippen MR) is 67.4 cm³/mol. The van der Waals surface area contributed by atoms with E-state index in [1.54, 1.807) is 0 Å². The number of nitrogens with one attached hydrogen (secondary N) is 2. The van der Waals surface area contributed by atoms with Gasteiger partial charge >= 0.3 is 0 Å². The van der Waals surface area contributed by atoms with Gasteiger partial charge in [-0.2, -0.15) is 0 Å². The molecule has 3 unspecified atom stereocenters. The highest BCUT2D eigenvalue weighted by molar-refractivity contribution is 5.80. The minimum absolute atomic E-state index is 0.00449. The fourth-order valence-corrected chi connectivity index (χ4v) is 2.04. The molecule has 4 nitrogen and oxygen atoms in total.